The minimum atomic E-state index is -0.108. The molecule has 1 N–H and O–H groups in total. The molecule has 70 valence electrons. The number of β-amino-alcohol motifs (C(OH)–C–C–N with tert-alkyl or cyclic N) is 1. The van der Waals surface area contributed by atoms with Gasteiger partial charge in [0.25, 0.3) is 0 Å². The zero-order chi connectivity index (χ0) is 8.97. The first-order chi connectivity index (χ1) is 5.72. The molecule has 0 aromatic rings. The maximum absolute atomic E-state index is 9.39. The summed E-state index contributed by atoms with van der Waals surface area (Å²) in [6, 6.07) is 0. The summed E-state index contributed by atoms with van der Waals surface area (Å²) in [5.41, 5.74) is 1.27. The molecular formula is C10H19NO. The molecule has 2 nitrogen and oxygen atoms in total. The Balaban J connectivity index is 2.27. The van der Waals surface area contributed by atoms with Crippen molar-refractivity contribution in [1.29, 1.82) is 0 Å². The summed E-state index contributed by atoms with van der Waals surface area (Å²) < 4.78 is 0. The van der Waals surface area contributed by atoms with Gasteiger partial charge in [0.1, 0.15) is 0 Å². The van der Waals surface area contributed by atoms with Crippen LogP contribution in [0.3, 0.4) is 0 Å². The standard InChI is InChI=1S/C10H19NO/c1-3-9(2)7-11-6-4-5-10(12)8-11/h10,12H,2-8H2,1H3/t10-/m0/s1. The third-order valence-electron chi connectivity index (χ3n) is 2.43. The number of aliphatic hydroxyl groups is 1. The highest BCUT2D eigenvalue weighted by molar-refractivity contribution is 4.96. The lowest BCUT2D eigenvalue weighted by Gasteiger charge is -2.30. The van der Waals surface area contributed by atoms with Gasteiger partial charge < -0.3 is 5.11 Å². The lowest BCUT2D eigenvalue weighted by molar-refractivity contribution is 0.0755. The van der Waals surface area contributed by atoms with Crippen LogP contribution in [0.15, 0.2) is 12.2 Å². The molecule has 2 heteroatoms. The fraction of sp³-hybridized carbons (Fsp3) is 0.800. The van der Waals surface area contributed by atoms with Crippen LogP contribution in [-0.4, -0.2) is 35.7 Å². The second-order valence-corrected chi connectivity index (χ2v) is 3.63. The van der Waals surface area contributed by atoms with Crippen molar-refractivity contribution in [3.63, 3.8) is 0 Å². The molecule has 0 unspecified atom stereocenters. The molecule has 0 bridgehead atoms. The van der Waals surface area contributed by atoms with Gasteiger partial charge in [-0.2, -0.15) is 0 Å². The Kier molecular flexibility index (Phi) is 3.76. The molecule has 0 spiro atoms. The largest absolute Gasteiger partial charge is 0.392 e. The number of hydrogen-bond acceptors (Lipinski definition) is 2. The first-order valence-electron chi connectivity index (χ1n) is 4.79. The van der Waals surface area contributed by atoms with Crippen LogP contribution in [-0.2, 0) is 0 Å². The lowest BCUT2D eigenvalue weighted by atomic mass is 10.1. The summed E-state index contributed by atoms with van der Waals surface area (Å²) in [7, 11) is 0. The minimum Gasteiger partial charge on any atom is -0.392 e. The Hall–Kier alpha value is -0.340. The molecule has 0 aliphatic carbocycles. The molecule has 1 atom stereocenters. The molecule has 0 aromatic carbocycles. The van der Waals surface area contributed by atoms with Crippen LogP contribution < -0.4 is 0 Å². The van der Waals surface area contributed by atoms with Crippen molar-refractivity contribution in [3.05, 3.63) is 12.2 Å². The van der Waals surface area contributed by atoms with Crippen LogP contribution in [0.4, 0.5) is 0 Å². The molecule has 1 rings (SSSR count). The van der Waals surface area contributed by atoms with Crippen LogP contribution >= 0.6 is 0 Å². The zero-order valence-electron chi connectivity index (χ0n) is 7.92. The summed E-state index contributed by atoms with van der Waals surface area (Å²) in [5, 5.41) is 9.39. The highest BCUT2D eigenvalue weighted by Gasteiger charge is 2.17. The number of hydrogen-bond donors (Lipinski definition) is 1. The van der Waals surface area contributed by atoms with Gasteiger partial charge in [-0.1, -0.05) is 19.1 Å². The first-order valence-corrected chi connectivity index (χ1v) is 4.79. The molecule has 1 saturated heterocycles. The van der Waals surface area contributed by atoms with Crippen molar-refractivity contribution < 1.29 is 5.11 Å². The molecule has 1 heterocycles. The SMILES string of the molecule is C=C(CC)CN1CCC[C@H](O)C1. The van der Waals surface area contributed by atoms with Crippen molar-refractivity contribution in [2.24, 2.45) is 0 Å². The molecular weight excluding hydrogens is 150 g/mol. The van der Waals surface area contributed by atoms with E-state index in [1.807, 2.05) is 0 Å². The number of aliphatic hydroxyl groups excluding tert-OH is 1. The van der Waals surface area contributed by atoms with E-state index < -0.39 is 0 Å². The molecule has 1 aliphatic rings. The van der Waals surface area contributed by atoms with Gasteiger partial charge in [0, 0.05) is 13.1 Å². The van der Waals surface area contributed by atoms with E-state index in [-0.39, 0.29) is 6.10 Å². The van der Waals surface area contributed by atoms with Gasteiger partial charge in [0.15, 0.2) is 0 Å². The van der Waals surface area contributed by atoms with E-state index >= 15 is 0 Å². The summed E-state index contributed by atoms with van der Waals surface area (Å²) in [6.07, 6.45) is 3.03. The van der Waals surface area contributed by atoms with E-state index in [9.17, 15) is 5.11 Å². The van der Waals surface area contributed by atoms with Crippen molar-refractivity contribution in [1.82, 2.24) is 4.90 Å². The predicted octanol–water partition coefficient (Wildman–Crippen LogP) is 1.41. The second-order valence-electron chi connectivity index (χ2n) is 3.63. The smallest absolute Gasteiger partial charge is 0.0667 e. The Morgan fingerprint density at radius 3 is 3.00 bits per heavy atom. The van der Waals surface area contributed by atoms with E-state index in [0.29, 0.717) is 0 Å². The Morgan fingerprint density at radius 1 is 1.67 bits per heavy atom. The molecule has 1 aliphatic heterocycles. The fourth-order valence-electron chi connectivity index (χ4n) is 1.60. The van der Waals surface area contributed by atoms with Crippen LogP contribution in [0.2, 0.25) is 0 Å². The average molecular weight is 169 g/mol. The van der Waals surface area contributed by atoms with E-state index in [0.717, 1.165) is 38.9 Å². The predicted molar refractivity (Wildman–Crippen MR) is 51.1 cm³/mol. The average Bonchev–Trinajstić information content (AvgIpc) is 2.04. The molecule has 0 amide bonds. The third kappa shape index (κ3) is 2.95. The van der Waals surface area contributed by atoms with Gasteiger partial charge in [0.05, 0.1) is 6.10 Å². The Labute approximate surface area is 74.9 Å². The Morgan fingerprint density at radius 2 is 2.42 bits per heavy atom. The molecule has 0 saturated carbocycles. The van der Waals surface area contributed by atoms with Crippen LogP contribution in [0, 0.1) is 0 Å². The number of nitrogens with zero attached hydrogens (tertiary/aromatic N) is 1. The van der Waals surface area contributed by atoms with Gasteiger partial charge in [-0.05, 0) is 25.8 Å². The van der Waals surface area contributed by atoms with Crippen molar-refractivity contribution >= 4 is 0 Å². The van der Waals surface area contributed by atoms with E-state index in [4.69, 9.17) is 0 Å². The van der Waals surface area contributed by atoms with Crippen LogP contribution in [0.25, 0.3) is 0 Å². The van der Waals surface area contributed by atoms with Gasteiger partial charge in [-0.25, -0.2) is 0 Å². The quantitative estimate of drug-likeness (QED) is 0.646. The van der Waals surface area contributed by atoms with Gasteiger partial charge >= 0.3 is 0 Å². The number of piperidine rings is 1. The van der Waals surface area contributed by atoms with E-state index in [1.54, 1.807) is 0 Å². The minimum absolute atomic E-state index is 0.108. The van der Waals surface area contributed by atoms with E-state index in [2.05, 4.69) is 18.4 Å². The van der Waals surface area contributed by atoms with Crippen molar-refractivity contribution in [2.75, 3.05) is 19.6 Å². The fourth-order valence-corrected chi connectivity index (χ4v) is 1.60. The molecule has 1 fully saturated rings. The van der Waals surface area contributed by atoms with Crippen LogP contribution in [0.5, 0.6) is 0 Å². The highest BCUT2D eigenvalue weighted by atomic mass is 16.3. The maximum atomic E-state index is 9.39. The first kappa shape index (κ1) is 9.75. The van der Waals surface area contributed by atoms with Crippen molar-refractivity contribution in [2.45, 2.75) is 32.3 Å². The van der Waals surface area contributed by atoms with Gasteiger partial charge in [-0.3, -0.25) is 4.90 Å². The zero-order valence-corrected chi connectivity index (χ0v) is 7.92. The normalized spacial score (nSPS) is 25.7. The van der Waals surface area contributed by atoms with Crippen LogP contribution in [0.1, 0.15) is 26.2 Å². The maximum Gasteiger partial charge on any atom is 0.0667 e. The topological polar surface area (TPSA) is 23.5 Å². The molecule has 12 heavy (non-hydrogen) atoms. The van der Waals surface area contributed by atoms with Gasteiger partial charge in [-0.15, -0.1) is 0 Å². The highest BCUT2D eigenvalue weighted by Crippen LogP contribution is 2.11. The lowest BCUT2D eigenvalue weighted by Crippen LogP contribution is -2.39. The summed E-state index contributed by atoms with van der Waals surface area (Å²) in [6.45, 7) is 9.02. The molecule has 0 aromatic heterocycles. The number of rotatable bonds is 3. The summed E-state index contributed by atoms with van der Waals surface area (Å²) in [5.74, 6) is 0. The monoisotopic (exact) mass is 169 g/mol. The van der Waals surface area contributed by atoms with E-state index in [1.165, 1.54) is 5.57 Å². The second kappa shape index (κ2) is 4.63. The summed E-state index contributed by atoms with van der Waals surface area (Å²) >= 11 is 0. The summed E-state index contributed by atoms with van der Waals surface area (Å²) in [4.78, 5) is 2.29. The Bertz CT molecular complexity index is 156. The van der Waals surface area contributed by atoms with Crippen molar-refractivity contribution in [3.8, 4) is 0 Å². The third-order valence-corrected chi connectivity index (χ3v) is 2.43. The molecule has 0 radical (unpaired) electrons. The number of likely N-dealkylation sites (tertiary alicyclic amines) is 1. The van der Waals surface area contributed by atoms with Gasteiger partial charge in [0.2, 0.25) is 0 Å².